The van der Waals surface area contributed by atoms with Gasteiger partial charge in [0.1, 0.15) is 0 Å². The van der Waals surface area contributed by atoms with E-state index in [1.165, 1.54) is 0 Å². The zero-order valence-electron chi connectivity index (χ0n) is 23.2. The van der Waals surface area contributed by atoms with Crippen LogP contribution in [-0.4, -0.2) is 60.0 Å². The lowest BCUT2D eigenvalue weighted by molar-refractivity contribution is 0.0145. The number of aryl methyl sites for hydroxylation is 1. The standard InChI is InChI=1S/C29H40N4O5/c1-6-22-24-23(15-29(16-30-26(24)35)10-12-37-13-11-29)33(32-22)17-28(4,5)18-38-27(36)21-9-7-8-20(14-21)25(34)31-19(2)3/h7-9,14,19H,6,10-13,15-18H2,1-5H3,(H,30,35)(H,31,34). The number of hydrogen-bond donors (Lipinski definition) is 2. The van der Waals surface area contributed by atoms with Crippen LogP contribution in [0.25, 0.3) is 0 Å². The number of hydrogen-bond acceptors (Lipinski definition) is 6. The van der Waals surface area contributed by atoms with Crippen LogP contribution in [0.1, 0.15) is 89.9 Å². The van der Waals surface area contributed by atoms with Crippen molar-refractivity contribution >= 4 is 17.8 Å². The highest BCUT2D eigenvalue weighted by Crippen LogP contribution is 2.38. The molecule has 2 aliphatic heterocycles. The Labute approximate surface area is 224 Å². The minimum absolute atomic E-state index is 0.00290. The van der Waals surface area contributed by atoms with Crippen LogP contribution in [0.5, 0.6) is 0 Å². The molecule has 0 bridgehead atoms. The molecule has 1 aromatic carbocycles. The molecular formula is C29H40N4O5. The zero-order chi connectivity index (χ0) is 27.5. The Bertz CT molecular complexity index is 1190. The van der Waals surface area contributed by atoms with Crippen molar-refractivity contribution in [2.24, 2.45) is 10.8 Å². The Hall–Kier alpha value is -3.20. The van der Waals surface area contributed by atoms with E-state index in [2.05, 4.69) is 10.6 Å². The predicted octanol–water partition coefficient (Wildman–Crippen LogP) is 3.55. The number of ether oxygens (including phenoxy) is 2. The average Bonchev–Trinajstić information content (AvgIpc) is 3.14. The van der Waals surface area contributed by atoms with E-state index in [4.69, 9.17) is 14.6 Å². The first-order chi connectivity index (χ1) is 18.0. The summed E-state index contributed by atoms with van der Waals surface area (Å²) in [6, 6.07) is 6.55. The smallest absolute Gasteiger partial charge is 0.338 e. The number of nitrogens with zero attached hydrogens (tertiary/aromatic N) is 2. The molecule has 2 aromatic rings. The minimum atomic E-state index is -0.480. The van der Waals surface area contributed by atoms with Gasteiger partial charge in [0.05, 0.1) is 29.1 Å². The summed E-state index contributed by atoms with van der Waals surface area (Å²) in [5.74, 6) is -0.768. The van der Waals surface area contributed by atoms with E-state index < -0.39 is 11.4 Å². The van der Waals surface area contributed by atoms with Gasteiger partial charge in [-0.2, -0.15) is 5.10 Å². The SMILES string of the molecule is CCc1nn(CC(C)(C)COC(=O)c2cccc(C(=O)NC(C)C)c2)c2c1C(=O)NCC1(CCOCC1)C2. The van der Waals surface area contributed by atoms with Gasteiger partial charge in [0, 0.05) is 43.3 Å². The summed E-state index contributed by atoms with van der Waals surface area (Å²) in [7, 11) is 0. The van der Waals surface area contributed by atoms with Crippen molar-refractivity contribution < 1.29 is 23.9 Å². The van der Waals surface area contributed by atoms with Gasteiger partial charge in [0.2, 0.25) is 0 Å². The van der Waals surface area contributed by atoms with E-state index in [-0.39, 0.29) is 29.9 Å². The maximum Gasteiger partial charge on any atom is 0.338 e. The number of carbonyl (C=O) groups is 3. The normalized spacial score (nSPS) is 17.1. The summed E-state index contributed by atoms with van der Waals surface area (Å²) >= 11 is 0. The number of amides is 2. The molecule has 9 heteroatoms. The molecule has 0 atom stereocenters. The van der Waals surface area contributed by atoms with Crippen LogP contribution < -0.4 is 10.6 Å². The number of carbonyl (C=O) groups excluding carboxylic acids is 3. The van der Waals surface area contributed by atoms with Crippen molar-refractivity contribution in [3.8, 4) is 0 Å². The molecule has 1 aromatic heterocycles. The van der Waals surface area contributed by atoms with Crippen LogP contribution in [-0.2, 0) is 28.9 Å². The molecule has 0 unspecified atom stereocenters. The van der Waals surface area contributed by atoms with E-state index >= 15 is 0 Å². The van der Waals surface area contributed by atoms with Gasteiger partial charge in [-0.25, -0.2) is 4.79 Å². The van der Waals surface area contributed by atoms with E-state index in [0.717, 1.165) is 30.7 Å². The zero-order valence-corrected chi connectivity index (χ0v) is 23.2. The topological polar surface area (TPSA) is 112 Å². The first-order valence-corrected chi connectivity index (χ1v) is 13.5. The van der Waals surface area contributed by atoms with Crippen molar-refractivity contribution in [3.63, 3.8) is 0 Å². The molecule has 4 rings (SSSR count). The average molecular weight is 525 g/mol. The second-order valence-corrected chi connectivity index (χ2v) is 11.7. The highest BCUT2D eigenvalue weighted by molar-refractivity contribution is 5.98. The van der Waals surface area contributed by atoms with Crippen LogP contribution in [0.15, 0.2) is 24.3 Å². The molecule has 0 radical (unpaired) electrons. The summed E-state index contributed by atoms with van der Waals surface area (Å²) in [6.07, 6.45) is 3.22. The molecule has 1 spiro atoms. The van der Waals surface area contributed by atoms with Crippen LogP contribution in [0.4, 0.5) is 0 Å². The molecule has 9 nitrogen and oxygen atoms in total. The van der Waals surface area contributed by atoms with E-state index in [1.807, 2.05) is 39.3 Å². The maximum absolute atomic E-state index is 13.1. The van der Waals surface area contributed by atoms with Gasteiger partial charge < -0.3 is 20.1 Å². The van der Waals surface area contributed by atoms with Gasteiger partial charge in [0.15, 0.2) is 0 Å². The molecule has 3 heterocycles. The third-order valence-electron chi connectivity index (χ3n) is 7.36. The fourth-order valence-corrected chi connectivity index (χ4v) is 5.23. The molecule has 2 N–H and O–H groups in total. The van der Waals surface area contributed by atoms with Gasteiger partial charge in [-0.05, 0) is 63.1 Å². The minimum Gasteiger partial charge on any atom is -0.461 e. The Morgan fingerprint density at radius 3 is 2.63 bits per heavy atom. The third-order valence-corrected chi connectivity index (χ3v) is 7.36. The Balaban J connectivity index is 1.49. The predicted molar refractivity (Wildman–Crippen MR) is 143 cm³/mol. The summed E-state index contributed by atoms with van der Waals surface area (Å²) in [4.78, 5) is 38.3. The van der Waals surface area contributed by atoms with Gasteiger partial charge in [0.25, 0.3) is 11.8 Å². The van der Waals surface area contributed by atoms with Crippen LogP contribution in [0.2, 0.25) is 0 Å². The van der Waals surface area contributed by atoms with Crippen LogP contribution in [0.3, 0.4) is 0 Å². The monoisotopic (exact) mass is 524 g/mol. The molecule has 0 saturated carbocycles. The lowest BCUT2D eigenvalue weighted by Crippen LogP contribution is -2.41. The first-order valence-electron chi connectivity index (χ1n) is 13.5. The lowest BCUT2D eigenvalue weighted by Gasteiger charge is -2.36. The number of fused-ring (bicyclic) bond motifs is 1. The fourth-order valence-electron chi connectivity index (χ4n) is 5.23. The Morgan fingerprint density at radius 2 is 1.95 bits per heavy atom. The third kappa shape index (κ3) is 6.26. The van der Waals surface area contributed by atoms with Crippen molar-refractivity contribution in [3.05, 3.63) is 52.3 Å². The highest BCUT2D eigenvalue weighted by atomic mass is 16.5. The summed E-state index contributed by atoms with van der Waals surface area (Å²) in [6.45, 7) is 12.5. The fraction of sp³-hybridized carbons (Fsp3) is 0.586. The summed E-state index contributed by atoms with van der Waals surface area (Å²) in [5, 5.41) is 10.8. The van der Waals surface area contributed by atoms with E-state index in [0.29, 0.717) is 49.4 Å². The number of aromatic nitrogens is 2. The first kappa shape index (κ1) is 27.8. The van der Waals surface area contributed by atoms with Gasteiger partial charge in [-0.1, -0.05) is 26.8 Å². The Kier molecular flexibility index (Phi) is 8.25. The van der Waals surface area contributed by atoms with Crippen molar-refractivity contribution in [1.82, 2.24) is 20.4 Å². The van der Waals surface area contributed by atoms with Gasteiger partial charge >= 0.3 is 5.97 Å². The largest absolute Gasteiger partial charge is 0.461 e. The van der Waals surface area contributed by atoms with E-state index in [1.54, 1.807) is 24.3 Å². The molecule has 206 valence electrons. The number of esters is 1. The second-order valence-electron chi connectivity index (χ2n) is 11.7. The molecule has 2 amide bonds. The number of benzene rings is 1. The quantitative estimate of drug-likeness (QED) is 0.511. The Morgan fingerprint density at radius 1 is 1.24 bits per heavy atom. The molecular weight excluding hydrogens is 484 g/mol. The van der Waals surface area contributed by atoms with Crippen molar-refractivity contribution in [1.29, 1.82) is 0 Å². The van der Waals surface area contributed by atoms with Crippen LogP contribution in [0, 0.1) is 10.8 Å². The molecule has 1 fully saturated rings. The number of rotatable bonds is 8. The maximum atomic E-state index is 13.1. The van der Waals surface area contributed by atoms with Gasteiger partial charge in [-0.15, -0.1) is 0 Å². The summed E-state index contributed by atoms with van der Waals surface area (Å²) < 4.78 is 13.3. The van der Waals surface area contributed by atoms with E-state index in [9.17, 15) is 14.4 Å². The van der Waals surface area contributed by atoms with Crippen LogP contribution >= 0.6 is 0 Å². The number of nitrogens with one attached hydrogen (secondary N) is 2. The lowest BCUT2D eigenvalue weighted by atomic mass is 9.76. The van der Waals surface area contributed by atoms with Crippen molar-refractivity contribution in [2.75, 3.05) is 26.4 Å². The summed E-state index contributed by atoms with van der Waals surface area (Å²) in [5.41, 5.74) is 2.72. The molecule has 0 aliphatic carbocycles. The second kappa shape index (κ2) is 11.3. The molecule has 2 aliphatic rings. The van der Waals surface area contributed by atoms with Crippen molar-refractivity contribution in [2.45, 2.75) is 72.9 Å². The van der Waals surface area contributed by atoms with Gasteiger partial charge in [-0.3, -0.25) is 14.3 Å². The highest BCUT2D eigenvalue weighted by Gasteiger charge is 2.40. The molecule has 38 heavy (non-hydrogen) atoms. The molecule has 1 saturated heterocycles.